The van der Waals surface area contributed by atoms with Crippen LogP contribution in [-0.4, -0.2) is 73.1 Å². The molecule has 0 saturated carbocycles. The highest BCUT2D eigenvalue weighted by molar-refractivity contribution is 5.90. The molecule has 3 aliphatic rings. The SMILES string of the molecule is CC(=O)NCCCCCC(=O)Nc1cccc(C2OC(CN3CCC4(CC3)OCCO4)CC(c3ccc(CO)cc3)O2)c1. The fraction of sp³-hybridized carbons (Fsp3) is 0.576. The Hall–Kier alpha value is -2.86. The molecule has 3 saturated heterocycles. The maximum Gasteiger partial charge on any atom is 0.224 e. The van der Waals surface area contributed by atoms with Crippen molar-refractivity contribution in [1.29, 1.82) is 0 Å². The number of likely N-dealkylation sites (tertiary alicyclic amines) is 1. The van der Waals surface area contributed by atoms with Crippen LogP contribution in [0.2, 0.25) is 0 Å². The van der Waals surface area contributed by atoms with E-state index in [0.29, 0.717) is 38.3 Å². The number of piperidine rings is 1. The highest BCUT2D eigenvalue weighted by Gasteiger charge is 2.41. The molecule has 3 atom stereocenters. The Morgan fingerprint density at radius 1 is 0.977 bits per heavy atom. The minimum atomic E-state index is -0.593. The van der Waals surface area contributed by atoms with Gasteiger partial charge in [0.1, 0.15) is 0 Å². The molecule has 10 nitrogen and oxygen atoms in total. The summed E-state index contributed by atoms with van der Waals surface area (Å²) in [6.07, 6.45) is 4.48. The van der Waals surface area contributed by atoms with Crippen LogP contribution in [0.1, 0.15) is 81.0 Å². The molecule has 2 amide bonds. The van der Waals surface area contributed by atoms with E-state index in [1.165, 1.54) is 6.92 Å². The number of carbonyl (C=O) groups is 2. The Labute approximate surface area is 254 Å². The fourth-order valence-corrected chi connectivity index (χ4v) is 6.02. The minimum Gasteiger partial charge on any atom is -0.392 e. The lowest BCUT2D eigenvalue weighted by Crippen LogP contribution is -2.48. The Bertz CT molecular complexity index is 1190. The molecule has 234 valence electrons. The summed E-state index contributed by atoms with van der Waals surface area (Å²) < 4.78 is 24.9. The van der Waals surface area contributed by atoms with Crippen molar-refractivity contribution >= 4 is 17.5 Å². The van der Waals surface area contributed by atoms with Crippen LogP contribution in [-0.2, 0) is 35.1 Å². The molecule has 0 aromatic heterocycles. The van der Waals surface area contributed by atoms with Crippen molar-refractivity contribution in [3.63, 3.8) is 0 Å². The summed E-state index contributed by atoms with van der Waals surface area (Å²) in [6.45, 7) is 6.02. The second kappa shape index (κ2) is 15.2. The first-order chi connectivity index (χ1) is 20.9. The molecule has 2 aromatic carbocycles. The number of rotatable bonds is 12. The molecule has 3 aliphatic heterocycles. The number of aliphatic hydroxyl groups excluding tert-OH is 1. The molecule has 3 heterocycles. The van der Waals surface area contributed by atoms with E-state index in [0.717, 1.165) is 68.4 Å². The lowest BCUT2D eigenvalue weighted by molar-refractivity contribution is -0.255. The topological polar surface area (TPSA) is 119 Å². The Balaban J connectivity index is 1.21. The summed E-state index contributed by atoms with van der Waals surface area (Å²) in [7, 11) is 0. The van der Waals surface area contributed by atoms with E-state index in [1.54, 1.807) is 0 Å². The van der Waals surface area contributed by atoms with Gasteiger partial charge in [-0.15, -0.1) is 0 Å². The number of nitrogens with zero attached hydrogens (tertiary/aromatic N) is 1. The Kier molecular flexibility index (Phi) is 11.2. The van der Waals surface area contributed by atoms with Crippen molar-refractivity contribution in [2.24, 2.45) is 0 Å². The zero-order valence-electron chi connectivity index (χ0n) is 25.1. The third-order valence-electron chi connectivity index (χ3n) is 8.41. The zero-order valence-corrected chi connectivity index (χ0v) is 25.1. The third-order valence-corrected chi connectivity index (χ3v) is 8.41. The summed E-state index contributed by atoms with van der Waals surface area (Å²) >= 11 is 0. The van der Waals surface area contributed by atoms with Crippen LogP contribution in [0.4, 0.5) is 5.69 Å². The lowest BCUT2D eigenvalue weighted by atomic mass is 9.98. The molecule has 3 fully saturated rings. The summed E-state index contributed by atoms with van der Waals surface area (Å²) in [4.78, 5) is 26.0. The van der Waals surface area contributed by atoms with Crippen molar-refractivity contribution in [2.45, 2.75) is 82.8 Å². The maximum absolute atomic E-state index is 12.6. The second-order valence-electron chi connectivity index (χ2n) is 11.7. The summed E-state index contributed by atoms with van der Waals surface area (Å²) in [5.41, 5.74) is 3.46. The van der Waals surface area contributed by atoms with Gasteiger partial charge in [0.25, 0.3) is 0 Å². The van der Waals surface area contributed by atoms with Gasteiger partial charge in [0, 0.05) is 70.0 Å². The van der Waals surface area contributed by atoms with Crippen molar-refractivity contribution in [3.8, 4) is 0 Å². The van der Waals surface area contributed by atoms with Gasteiger partial charge in [0.05, 0.1) is 32.0 Å². The van der Waals surface area contributed by atoms with E-state index < -0.39 is 12.1 Å². The van der Waals surface area contributed by atoms with Gasteiger partial charge >= 0.3 is 0 Å². The van der Waals surface area contributed by atoms with Gasteiger partial charge in [-0.25, -0.2) is 0 Å². The first-order valence-electron chi connectivity index (χ1n) is 15.6. The lowest BCUT2D eigenvalue weighted by Gasteiger charge is -2.41. The smallest absolute Gasteiger partial charge is 0.224 e. The molecule has 2 aromatic rings. The number of aliphatic hydroxyl groups is 1. The average molecular weight is 596 g/mol. The first-order valence-corrected chi connectivity index (χ1v) is 15.6. The van der Waals surface area contributed by atoms with Crippen LogP contribution in [0.15, 0.2) is 48.5 Å². The molecule has 5 rings (SSSR count). The molecule has 0 radical (unpaired) electrons. The number of unbranched alkanes of at least 4 members (excludes halogenated alkanes) is 2. The number of hydrogen-bond donors (Lipinski definition) is 3. The highest BCUT2D eigenvalue weighted by atomic mass is 16.7. The van der Waals surface area contributed by atoms with Crippen molar-refractivity contribution in [2.75, 3.05) is 44.7 Å². The molecule has 10 heteroatoms. The molecular weight excluding hydrogens is 550 g/mol. The van der Waals surface area contributed by atoms with Crippen LogP contribution in [0.3, 0.4) is 0 Å². The number of anilines is 1. The largest absolute Gasteiger partial charge is 0.392 e. The van der Waals surface area contributed by atoms with E-state index in [1.807, 2.05) is 48.5 Å². The van der Waals surface area contributed by atoms with Crippen molar-refractivity contribution in [3.05, 3.63) is 65.2 Å². The second-order valence-corrected chi connectivity index (χ2v) is 11.7. The Morgan fingerprint density at radius 2 is 1.74 bits per heavy atom. The van der Waals surface area contributed by atoms with E-state index in [4.69, 9.17) is 18.9 Å². The van der Waals surface area contributed by atoms with Crippen LogP contribution in [0.5, 0.6) is 0 Å². The Morgan fingerprint density at radius 3 is 2.47 bits per heavy atom. The number of benzene rings is 2. The average Bonchev–Trinajstić information content (AvgIpc) is 3.48. The first kappa shape index (κ1) is 31.6. The zero-order chi connectivity index (χ0) is 30.1. The molecule has 0 bridgehead atoms. The standard InChI is InChI=1S/C33H45N3O7/c1-24(38)34-15-4-2-3-8-31(39)35-28-7-5-6-27(20-28)32-42-29(21-30(43-32)26-11-9-25(23-37)10-12-26)22-36-16-13-33(14-17-36)40-18-19-41-33/h5-7,9-12,20,29-30,32,37H,2-4,8,13-19,21-23H2,1H3,(H,34,38)(H,35,39). The van der Waals surface area contributed by atoms with Gasteiger partial charge in [-0.1, -0.05) is 42.8 Å². The number of nitrogens with one attached hydrogen (secondary N) is 2. The fourth-order valence-electron chi connectivity index (χ4n) is 6.02. The predicted molar refractivity (Wildman–Crippen MR) is 161 cm³/mol. The molecule has 43 heavy (non-hydrogen) atoms. The molecule has 1 spiro atoms. The summed E-state index contributed by atoms with van der Waals surface area (Å²) in [5.74, 6) is -0.487. The maximum atomic E-state index is 12.6. The minimum absolute atomic E-state index is 0.000367. The van der Waals surface area contributed by atoms with Gasteiger partial charge < -0.3 is 39.6 Å². The highest BCUT2D eigenvalue weighted by Crippen LogP contribution is 2.39. The van der Waals surface area contributed by atoms with E-state index in [-0.39, 0.29) is 30.6 Å². The number of amides is 2. The summed E-state index contributed by atoms with van der Waals surface area (Å²) in [6, 6.07) is 15.6. The van der Waals surface area contributed by atoms with Crippen LogP contribution >= 0.6 is 0 Å². The molecule has 3 unspecified atom stereocenters. The van der Waals surface area contributed by atoms with E-state index in [2.05, 4.69) is 15.5 Å². The monoisotopic (exact) mass is 595 g/mol. The number of carbonyl (C=O) groups excluding carboxylic acids is 2. The number of hydrogen-bond acceptors (Lipinski definition) is 8. The van der Waals surface area contributed by atoms with Gasteiger partial charge in [0.2, 0.25) is 11.8 Å². The predicted octanol–water partition coefficient (Wildman–Crippen LogP) is 4.20. The van der Waals surface area contributed by atoms with Crippen LogP contribution < -0.4 is 10.6 Å². The van der Waals surface area contributed by atoms with Crippen molar-refractivity contribution < 1.29 is 33.6 Å². The normalized spacial score (nSPS) is 23.7. The van der Waals surface area contributed by atoms with Gasteiger partial charge in [-0.2, -0.15) is 0 Å². The van der Waals surface area contributed by atoms with Gasteiger partial charge in [-0.05, 0) is 36.1 Å². The van der Waals surface area contributed by atoms with Crippen LogP contribution in [0, 0.1) is 0 Å². The number of ether oxygens (including phenoxy) is 4. The summed E-state index contributed by atoms with van der Waals surface area (Å²) in [5, 5.41) is 15.3. The van der Waals surface area contributed by atoms with Crippen LogP contribution in [0.25, 0.3) is 0 Å². The van der Waals surface area contributed by atoms with Gasteiger partial charge in [-0.3, -0.25) is 9.59 Å². The van der Waals surface area contributed by atoms with Gasteiger partial charge in [0.15, 0.2) is 12.1 Å². The molecule has 3 N–H and O–H groups in total. The van der Waals surface area contributed by atoms with E-state index in [9.17, 15) is 14.7 Å². The quantitative estimate of drug-likeness (QED) is 0.313. The third kappa shape index (κ3) is 9.07. The van der Waals surface area contributed by atoms with E-state index >= 15 is 0 Å². The molecular formula is C33H45N3O7. The van der Waals surface area contributed by atoms with Crippen molar-refractivity contribution in [1.82, 2.24) is 10.2 Å². The molecule has 0 aliphatic carbocycles.